The smallest absolute Gasteiger partial charge is 0.406 e. The van der Waals surface area contributed by atoms with Crippen molar-refractivity contribution in [2.45, 2.75) is 25.6 Å². The number of ether oxygens (including phenoxy) is 1. The number of carbonyl (C=O) groups is 1. The molecule has 154 valence electrons. The second kappa shape index (κ2) is 8.66. The van der Waals surface area contributed by atoms with Crippen LogP contribution in [0.15, 0.2) is 60.0 Å². The minimum atomic E-state index is -4.75. The lowest BCUT2D eigenvalue weighted by atomic mass is 9.96. The predicted octanol–water partition coefficient (Wildman–Crippen LogP) is 5.16. The summed E-state index contributed by atoms with van der Waals surface area (Å²) >= 11 is 0. The fourth-order valence-electron chi connectivity index (χ4n) is 2.75. The van der Waals surface area contributed by atoms with Gasteiger partial charge < -0.3 is 4.74 Å². The van der Waals surface area contributed by atoms with Gasteiger partial charge in [-0.25, -0.2) is 9.67 Å². The van der Waals surface area contributed by atoms with E-state index in [1.807, 2.05) is 19.1 Å². The van der Waals surface area contributed by atoms with Gasteiger partial charge in [0.2, 0.25) is 5.91 Å². The number of halogens is 3. The quantitative estimate of drug-likeness (QED) is 0.314. The van der Waals surface area contributed by atoms with Crippen molar-refractivity contribution in [2.24, 2.45) is 5.11 Å². The standard InChI is InChI=1S/C19H15F3N6O2/c1-12(10-17(29)25-27-23)13-2-4-14(5-3-13)18-24-11-28(26-18)15-6-8-16(9-7-15)30-19(20,21)22/h2-9,11-12H,10H2,1H3. The molecular formula is C19H15F3N6O2. The van der Waals surface area contributed by atoms with Crippen molar-refractivity contribution in [3.8, 4) is 22.8 Å². The Morgan fingerprint density at radius 3 is 2.47 bits per heavy atom. The van der Waals surface area contributed by atoms with Crippen molar-refractivity contribution in [3.63, 3.8) is 0 Å². The molecular weight excluding hydrogens is 401 g/mol. The van der Waals surface area contributed by atoms with Crippen LogP contribution >= 0.6 is 0 Å². The van der Waals surface area contributed by atoms with Crippen molar-refractivity contribution in [1.82, 2.24) is 14.8 Å². The first-order chi connectivity index (χ1) is 14.2. The van der Waals surface area contributed by atoms with Crippen LogP contribution in [0.3, 0.4) is 0 Å². The van der Waals surface area contributed by atoms with E-state index in [-0.39, 0.29) is 18.1 Å². The van der Waals surface area contributed by atoms with Crippen molar-refractivity contribution in [3.05, 3.63) is 70.9 Å². The molecule has 1 heterocycles. The summed E-state index contributed by atoms with van der Waals surface area (Å²) in [6.45, 7) is 1.85. The van der Waals surface area contributed by atoms with Crippen LogP contribution in [0.25, 0.3) is 27.5 Å². The first-order valence-corrected chi connectivity index (χ1v) is 8.71. The van der Waals surface area contributed by atoms with E-state index in [4.69, 9.17) is 5.53 Å². The molecule has 0 aliphatic rings. The van der Waals surface area contributed by atoms with E-state index in [0.717, 1.165) is 11.1 Å². The average molecular weight is 416 g/mol. The van der Waals surface area contributed by atoms with Gasteiger partial charge in [0.15, 0.2) is 5.82 Å². The average Bonchev–Trinajstić information content (AvgIpc) is 3.18. The Hall–Kier alpha value is -3.85. The summed E-state index contributed by atoms with van der Waals surface area (Å²) < 4.78 is 42.0. The largest absolute Gasteiger partial charge is 0.573 e. The number of hydrogen-bond donors (Lipinski definition) is 0. The summed E-state index contributed by atoms with van der Waals surface area (Å²) in [4.78, 5) is 18.1. The maximum atomic E-state index is 12.2. The highest BCUT2D eigenvalue weighted by molar-refractivity contribution is 5.77. The molecule has 0 spiro atoms. The Labute approximate surface area is 168 Å². The van der Waals surface area contributed by atoms with Crippen LogP contribution in [0.1, 0.15) is 24.8 Å². The highest BCUT2D eigenvalue weighted by Gasteiger charge is 2.31. The normalized spacial score (nSPS) is 12.1. The van der Waals surface area contributed by atoms with Gasteiger partial charge in [-0.05, 0) is 46.4 Å². The molecule has 0 N–H and O–H groups in total. The molecule has 0 saturated heterocycles. The van der Waals surface area contributed by atoms with Crippen LogP contribution < -0.4 is 4.74 Å². The lowest BCUT2D eigenvalue weighted by Crippen LogP contribution is -2.17. The molecule has 0 aliphatic carbocycles. The first-order valence-electron chi connectivity index (χ1n) is 8.71. The summed E-state index contributed by atoms with van der Waals surface area (Å²) in [7, 11) is 0. The summed E-state index contributed by atoms with van der Waals surface area (Å²) in [5.41, 5.74) is 10.4. The maximum absolute atomic E-state index is 12.2. The highest BCUT2D eigenvalue weighted by Crippen LogP contribution is 2.25. The molecule has 1 aromatic heterocycles. The van der Waals surface area contributed by atoms with Gasteiger partial charge in [-0.2, -0.15) is 0 Å². The van der Waals surface area contributed by atoms with Gasteiger partial charge in [-0.15, -0.1) is 18.3 Å². The van der Waals surface area contributed by atoms with Crippen LogP contribution in [0, 0.1) is 0 Å². The second-order valence-electron chi connectivity index (χ2n) is 6.36. The van der Waals surface area contributed by atoms with Gasteiger partial charge in [-0.1, -0.05) is 31.2 Å². The third-order valence-corrected chi connectivity index (χ3v) is 4.20. The molecule has 0 saturated carbocycles. The number of rotatable bonds is 6. The monoisotopic (exact) mass is 416 g/mol. The van der Waals surface area contributed by atoms with Crippen LogP contribution in [-0.2, 0) is 4.79 Å². The Morgan fingerprint density at radius 2 is 1.87 bits per heavy atom. The van der Waals surface area contributed by atoms with Gasteiger partial charge in [0.05, 0.1) is 5.69 Å². The molecule has 3 aromatic rings. The van der Waals surface area contributed by atoms with Crippen LogP contribution in [0.5, 0.6) is 5.75 Å². The number of nitrogens with zero attached hydrogens (tertiary/aromatic N) is 6. The Bertz CT molecular complexity index is 1070. The number of amides is 1. The van der Waals surface area contributed by atoms with Gasteiger partial charge in [-0.3, -0.25) is 4.79 Å². The lowest BCUT2D eigenvalue weighted by Gasteiger charge is -2.10. The van der Waals surface area contributed by atoms with E-state index in [2.05, 4.69) is 24.8 Å². The van der Waals surface area contributed by atoms with Crippen LogP contribution in [0.4, 0.5) is 13.2 Å². The van der Waals surface area contributed by atoms with Gasteiger partial charge in [0, 0.05) is 16.9 Å². The fraction of sp³-hybridized carbons (Fsp3) is 0.211. The molecule has 0 bridgehead atoms. The molecule has 11 heteroatoms. The number of azide groups is 1. The van der Waals surface area contributed by atoms with E-state index in [1.165, 1.54) is 35.3 Å². The SMILES string of the molecule is CC(CC(=O)N=[N+]=[N-])c1ccc(-c2ncn(-c3ccc(OC(F)(F)F)cc3)n2)cc1. The van der Waals surface area contributed by atoms with Gasteiger partial charge in [0.25, 0.3) is 0 Å². The Morgan fingerprint density at radius 1 is 1.20 bits per heavy atom. The first kappa shape index (κ1) is 20.9. The lowest BCUT2D eigenvalue weighted by molar-refractivity contribution is -0.274. The number of alkyl halides is 3. The van der Waals surface area contributed by atoms with Gasteiger partial charge >= 0.3 is 6.36 Å². The van der Waals surface area contributed by atoms with Crippen molar-refractivity contribution < 1.29 is 22.7 Å². The maximum Gasteiger partial charge on any atom is 0.573 e. The van der Waals surface area contributed by atoms with Crippen molar-refractivity contribution in [1.29, 1.82) is 0 Å². The molecule has 8 nitrogen and oxygen atoms in total. The van der Waals surface area contributed by atoms with E-state index in [0.29, 0.717) is 11.5 Å². The van der Waals surface area contributed by atoms with Crippen LogP contribution in [0.2, 0.25) is 0 Å². The van der Waals surface area contributed by atoms with Crippen LogP contribution in [-0.4, -0.2) is 27.0 Å². The van der Waals surface area contributed by atoms with E-state index in [9.17, 15) is 18.0 Å². The minimum Gasteiger partial charge on any atom is -0.406 e. The van der Waals surface area contributed by atoms with Crippen molar-refractivity contribution in [2.75, 3.05) is 0 Å². The van der Waals surface area contributed by atoms with E-state index in [1.54, 1.807) is 12.1 Å². The third-order valence-electron chi connectivity index (χ3n) is 4.20. The molecule has 0 radical (unpaired) electrons. The molecule has 1 atom stereocenters. The zero-order valence-corrected chi connectivity index (χ0v) is 15.6. The summed E-state index contributed by atoms with van der Waals surface area (Å²) in [6, 6.07) is 12.5. The van der Waals surface area contributed by atoms with E-state index >= 15 is 0 Å². The molecule has 30 heavy (non-hydrogen) atoms. The summed E-state index contributed by atoms with van der Waals surface area (Å²) in [5, 5.41) is 7.40. The predicted molar refractivity (Wildman–Crippen MR) is 101 cm³/mol. The number of hydrogen-bond acceptors (Lipinski definition) is 4. The van der Waals surface area contributed by atoms with Crippen molar-refractivity contribution >= 4 is 5.91 Å². The molecule has 1 amide bonds. The Balaban J connectivity index is 1.71. The number of aromatic nitrogens is 3. The number of benzene rings is 2. The Kier molecular flexibility index (Phi) is 6.03. The zero-order valence-electron chi connectivity index (χ0n) is 15.6. The number of carbonyl (C=O) groups excluding carboxylic acids is 1. The minimum absolute atomic E-state index is 0.102. The van der Waals surface area contributed by atoms with Gasteiger partial charge in [0.1, 0.15) is 12.1 Å². The summed E-state index contributed by atoms with van der Waals surface area (Å²) in [5.74, 6) is -0.550. The summed E-state index contributed by atoms with van der Waals surface area (Å²) in [6.07, 6.45) is -3.20. The molecule has 0 aliphatic heterocycles. The highest BCUT2D eigenvalue weighted by atomic mass is 19.4. The van der Waals surface area contributed by atoms with E-state index < -0.39 is 12.3 Å². The molecule has 3 rings (SSSR count). The topological polar surface area (TPSA) is 106 Å². The molecule has 1 unspecified atom stereocenters. The second-order valence-corrected chi connectivity index (χ2v) is 6.36. The fourth-order valence-corrected chi connectivity index (χ4v) is 2.75. The molecule has 2 aromatic carbocycles. The molecule has 0 fully saturated rings. The third kappa shape index (κ3) is 5.36. The zero-order chi connectivity index (χ0) is 21.7.